The molecule has 2 aromatic carbocycles. The van der Waals surface area contributed by atoms with Gasteiger partial charge in [-0.25, -0.2) is 0 Å². The van der Waals surface area contributed by atoms with Gasteiger partial charge < -0.3 is 10.5 Å². The maximum atomic E-state index is 13.2. The molecular weight excluding hydrogens is 338 g/mol. The predicted octanol–water partition coefficient (Wildman–Crippen LogP) is 4.79. The zero-order valence-corrected chi connectivity index (χ0v) is 12.9. The van der Waals surface area contributed by atoms with Crippen molar-refractivity contribution in [1.29, 1.82) is 0 Å². The van der Waals surface area contributed by atoms with Crippen LogP contribution in [0.4, 0.5) is 13.2 Å². The minimum absolute atomic E-state index is 0. The molecule has 0 bridgehead atoms. The Morgan fingerprint density at radius 1 is 1.09 bits per heavy atom. The fourth-order valence-corrected chi connectivity index (χ4v) is 2.12. The van der Waals surface area contributed by atoms with Gasteiger partial charge >= 0.3 is 6.18 Å². The molecule has 0 unspecified atom stereocenters. The van der Waals surface area contributed by atoms with Crippen LogP contribution in [0.1, 0.15) is 5.56 Å². The second-order valence-corrected chi connectivity index (χ2v) is 4.79. The molecule has 2 nitrogen and oxygen atoms in total. The molecule has 0 saturated heterocycles. The average Bonchev–Trinajstić information content (AvgIpc) is 2.44. The Balaban J connectivity index is 0.00000242. The first-order valence-electron chi connectivity index (χ1n) is 6.22. The molecule has 2 N–H and O–H groups in total. The normalized spacial score (nSPS) is 11.0. The van der Waals surface area contributed by atoms with Crippen molar-refractivity contribution >= 4 is 24.0 Å². The van der Waals surface area contributed by atoms with Gasteiger partial charge in [-0.15, -0.1) is 12.4 Å². The van der Waals surface area contributed by atoms with E-state index < -0.39 is 11.7 Å². The van der Waals surface area contributed by atoms with E-state index in [0.29, 0.717) is 10.6 Å². The molecule has 0 atom stereocenters. The largest absolute Gasteiger partial charge is 0.492 e. The first kappa shape index (κ1) is 18.6. The number of rotatable bonds is 4. The van der Waals surface area contributed by atoms with Crippen molar-refractivity contribution in [3.63, 3.8) is 0 Å². The van der Waals surface area contributed by atoms with E-state index in [9.17, 15) is 13.2 Å². The minimum Gasteiger partial charge on any atom is -0.492 e. The molecule has 0 radical (unpaired) electrons. The van der Waals surface area contributed by atoms with Gasteiger partial charge in [0.2, 0.25) is 0 Å². The fraction of sp³-hybridized carbons (Fsp3) is 0.200. The minimum atomic E-state index is -4.49. The second kappa shape index (κ2) is 7.72. The Bertz CT molecular complexity index is 632. The highest BCUT2D eigenvalue weighted by Crippen LogP contribution is 2.39. The summed E-state index contributed by atoms with van der Waals surface area (Å²) in [5.74, 6) is 0.138. The molecule has 0 spiro atoms. The van der Waals surface area contributed by atoms with E-state index >= 15 is 0 Å². The highest BCUT2D eigenvalue weighted by atomic mass is 35.5. The van der Waals surface area contributed by atoms with Gasteiger partial charge in [-0.2, -0.15) is 13.2 Å². The quantitative estimate of drug-likeness (QED) is 0.859. The third-order valence-corrected chi connectivity index (χ3v) is 3.05. The van der Waals surface area contributed by atoms with Gasteiger partial charge in [0.05, 0.1) is 5.56 Å². The van der Waals surface area contributed by atoms with Crippen LogP contribution in [0.3, 0.4) is 0 Å². The van der Waals surface area contributed by atoms with Crippen molar-refractivity contribution in [3.05, 3.63) is 53.1 Å². The van der Waals surface area contributed by atoms with Crippen molar-refractivity contribution < 1.29 is 17.9 Å². The zero-order valence-electron chi connectivity index (χ0n) is 11.4. The molecule has 0 aliphatic rings. The summed E-state index contributed by atoms with van der Waals surface area (Å²) < 4.78 is 44.8. The van der Waals surface area contributed by atoms with Crippen LogP contribution in [-0.4, -0.2) is 13.2 Å². The molecular formula is C15H14Cl2F3NO. The van der Waals surface area contributed by atoms with Crippen LogP contribution in [0.5, 0.6) is 5.75 Å². The molecule has 0 aliphatic heterocycles. The van der Waals surface area contributed by atoms with Gasteiger partial charge in [-0.3, -0.25) is 0 Å². The molecule has 2 aromatic rings. The van der Waals surface area contributed by atoms with Crippen LogP contribution in [0.2, 0.25) is 5.02 Å². The second-order valence-electron chi connectivity index (χ2n) is 4.35. The molecule has 7 heteroatoms. The van der Waals surface area contributed by atoms with Gasteiger partial charge in [0.1, 0.15) is 12.4 Å². The van der Waals surface area contributed by atoms with E-state index in [0.717, 1.165) is 6.07 Å². The number of ether oxygens (including phenoxy) is 1. The maximum absolute atomic E-state index is 13.2. The summed E-state index contributed by atoms with van der Waals surface area (Å²) in [6, 6.07) is 10.1. The summed E-state index contributed by atoms with van der Waals surface area (Å²) >= 11 is 5.84. The van der Waals surface area contributed by atoms with Crippen LogP contribution in [0.25, 0.3) is 11.1 Å². The van der Waals surface area contributed by atoms with Crippen LogP contribution in [0, 0.1) is 0 Å². The summed E-state index contributed by atoms with van der Waals surface area (Å²) in [5.41, 5.74) is 4.97. The number of nitrogens with two attached hydrogens (primary N) is 1. The van der Waals surface area contributed by atoms with Gasteiger partial charge in [0.15, 0.2) is 0 Å². The summed E-state index contributed by atoms with van der Waals surface area (Å²) in [7, 11) is 0. The van der Waals surface area contributed by atoms with Gasteiger partial charge in [0.25, 0.3) is 0 Å². The molecule has 0 saturated carbocycles. The highest BCUT2D eigenvalue weighted by molar-refractivity contribution is 6.30. The molecule has 0 heterocycles. The van der Waals surface area contributed by atoms with E-state index in [1.165, 1.54) is 18.2 Å². The standard InChI is InChI=1S/C15H13ClF3NO.ClH/c16-11-3-1-2-10(8-11)13-5-4-12(21-7-6-20)9-14(13)15(17,18)19;/h1-5,8-9H,6-7,20H2;1H. The van der Waals surface area contributed by atoms with E-state index in [2.05, 4.69) is 0 Å². The van der Waals surface area contributed by atoms with Crippen molar-refractivity contribution in [2.45, 2.75) is 6.18 Å². The summed E-state index contributed by atoms with van der Waals surface area (Å²) in [6.07, 6.45) is -4.49. The maximum Gasteiger partial charge on any atom is 0.417 e. The van der Waals surface area contributed by atoms with Gasteiger partial charge in [-0.05, 0) is 35.4 Å². The number of hydrogen-bond acceptors (Lipinski definition) is 2. The lowest BCUT2D eigenvalue weighted by Gasteiger charge is -2.15. The van der Waals surface area contributed by atoms with Crippen molar-refractivity contribution in [1.82, 2.24) is 0 Å². The predicted molar refractivity (Wildman–Crippen MR) is 83.7 cm³/mol. The number of alkyl halides is 3. The molecule has 0 amide bonds. The highest BCUT2D eigenvalue weighted by Gasteiger charge is 2.34. The van der Waals surface area contributed by atoms with Gasteiger partial charge in [0, 0.05) is 11.6 Å². The topological polar surface area (TPSA) is 35.2 Å². The molecule has 0 aliphatic carbocycles. The van der Waals surface area contributed by atoms with E-state index in [1.807, 2.05) is 0 Å². The smallest absolute Gasteiger partial charge is 0.417 e. The SMILES string of the molecule is Cl.NCCOc1ccc(-c2cccc(Cl)c2)c(C(F)(F)F)c1. The lowest BCUT2D eigenvalue weighted by atomic mass is 9.99. The van der Waals surface area contributed by atoms with E-state index in [1.54, 1.807) is 18.2 Å². The first-order valence-corrected chi connectivity index (χ1v) is 6.59. The molecule has 120 valence electrons. The lowest BCUT2D eigenvalue weighted by molar-refractivity contribution is -0.137. The number of hydrogen-bond donors (Lipinski definition) is 1. The Labute approximate surface area is 137 Å². The van der Waals surface area contributed by atoms with Crippen LogP contribution >= 0.6 is 24.0 Å². The Morgan fingerprint density at radius 2 is 1.82 bits per heavy atom. The monoisotopic (exact) mass is 351 g/mol. The fourth-order valence-electron chi connectivity index (χ4n) is 1.93. The molecule has 2 rings (SSSR count). The molecule has 0 fully saturated rings. The Morgan fingerprint density at radius 3 is 2.41 bits per heavy atom. The van der Waals surface area contributed by atoms with Crippen LogP contribution < -0.4 is 10.5 Å². The van der Waals surface area contributed by atoms with Crippen LogP contribution in [0.15, 0.2) is 42.5 Å². The van der Waals surface area contributed by atoms with Crippen molar-refractivity contribution in [2.75, 3.05) is 13.2 Å². The van der Waals surface area contributed by atoms with Crippen LogP contribution in [-0.2, 0) is 6.18 Å². The molecule has 22 heavy (non-hydrogen) atoms. The van der Waals surface area contributed by atoms with E-state index in [-0.39, 0.29) is 36.9 Å². The van der Waals surface area contributed by atoms with Gasteiger partial charge in [-0.1, -0.05) is 29.8 Å². The van der Waals surface area contributed by atoms with E-state index in [4.69, 9.17) is 22.1 Å². The number of halogens is 5. The summed E-state index contributed by atoms with van der Waals surface area (Å²) in [5, 5.41) is 0.379. The lowest BCUT2D eigenvalue weighted by Crippen LogP contribution is -2.12. The van der Waals surface area contributed by atoms with Crippen molar-refractivity contribution in [3.8, 4) is 16.9 Å². The third kappa shape index (κ3) is 4.53. The summed E-state index contributed by atoms with van der Waals surface area (Å²) in [6.45, 7) is 0.394. The zero-order chi connectivity index (χ0) is 15.5. The first-order chi connectivity index (χ1) is 9.91. The Kier molecular flexibility index (Phi) is 6.53. The molecule has 0 aromatic heterocycles. The Hall–Kier alpha value is -1.43. The third-order valence-electron chi connectivity index (χ3n) is 2.82. The number of benzene rings is 2. The summed E-state index contributed by atoms with van der Waals surface area (Å²) in [4.78, 5) is 0. The van der Waals surface area contributed by atoms with Crippen molar-refractivity contribution in [2.24, 2.45) is 5.73 Å². The average molecular weight is 352 g/mol.